The quantitative estimate of drug-likeness (QED) is 0.899. The maximum atomic E-state index is 13.4. The Balaban J connectivity index is 2.13. The molecule has 0 saturated carbocycles. The number of nitrogens with one attached hydrogen (secondary N) is 1. The lowest BCUT2D eigenvalue weighted by Gasteiger charge is -2.10. The molecule has 0 aliphatic carbocycles. The van der Waals surface area contributed by atoms with Crippen molar-refractivity contribution in [1.82, 2.24) is 0 Å². The minimum absolute atomic E-state index is 0.0634. The van der Waals surface area contributed by atoms with E-state index < -0.39 is 17.6 Å². The zero-order valence-corrected chi connectivity index (χ0v) is 10.9. The van der Waals surface area contributed by atoms with Crippen LogP contribution in [0.15, 0.2) is 36.4 Å². The third-order valence-electron chi connectivity index (χ3n) is 2.70. The fourth-order valence-electron chi connectivity index (χ4n) is 1.65. The summed E-state index contributed by atoms with van der Waals surface area (Å²) in [5, 5.41) is 11.9. The summed E-state index contributed by atoms with van der Waals surface area (Å²) in [6, 6.07) is 7.47. The Morgan fingerprint density at radius 2 is 1.95 bits per heavy atom. The van der Waals surface area contributed by atoms with E-state index >= 15 is 0 Å². The van der Waals surface area contributed by atoms with Crippen LogP contribution in [-0.2, 0) is 6.54 Å². The summed E-state index contributed by atoms with van der Waals surface area (Å²) < 4.78 is 26.2. The SMILES string of the molecule is O=C(O)c1ccc(NCc2ccc(F)cc2F)c(Cl)c1. The molecule has 6 heteroatoms. The normalized spacial score (nSPS) is 10.3. The topological polar surface area (TPSA) is 49.3 Å². The molecule has 20 heavy (non-hydrogen) atoms. The second kappa shape index (κ2) is 5.88. The van der Waals surface area contributed by atoms with Crippen molar-refractivity contribution in [3.8, 4) is 0 Å². The first-order valence-electron chi connectivity index (χ1n) is 5.68. The van der Waals surface area contributed by atoms with Crippen molar-refractivity contribution in [2.45, 2.75) is 6.54 Å². The fraction of sp³-hybridized carbons (Fsp3) is 0.0714. The monoisotopic (exact) mass is 297 g/mol. The number of rotatable bonds is 4. The Hall–Kier alpha value is -2.14. The van der Waals surface area contributed by atoms with Crippen LogP contribution < -0.4 is 5.32 Å². The minimum Gasteiger partial charge on any atom is -0.478 e. The van der Waals surface area contributed by atoms with E-state index in [0.717, 1.165) is 12.1 Å². The van der Waals surface area contributed by atoms with Gasteiger partial charge < -0.3 is 10.4 Å². The van der Waals surface area contributed by atoms with E-state index in [4.69, 9.17) is 16.7 Å². The number of halogens is 3. The summed E-state index contributed by atoms with van der Waals surface area (Å²) in [7, 11) is 0. The number of carbonyl (C=O) groups is 1. The summed E-state index contributed by atoms with van der Waals surface area (Å²) in [6.07, 6.45) is 0. The minimum atomic E-state index is -1.08. The number of benzene rings is 2. The zero-order valence-electron chi connectivity index (χ0n) is 10.2. The molecule has 0 unspecified atom stereocenters. The smallest absolute Gasteiger partial charge is 0.335 e. The molecule has 0 saturated heterocycles. The Morgan fingerprint density at radius 1 is 1.20 bits per heavy atom. The van der Waals surface area contributed by atoms with Crippen LogP contribution in [0, 0.1) is 11.6 Å². The summed E-state index contributed by atoms with van der Waals surface area (Å²) in [6.45, 7) is 0.109. The Kier molecular flexibility index (Phi) is 4.20. The summed E-state index contributed by atoms with van der Waals surface area (Å²) in [5.74, 6) is -2.38. The molecule has 0 aliphatic rings. The van der Waals surface area contributed by atoms with E-state index in [1.807, 2.05) is 0 Å². The van der Waals surface area contributed by atoms with E-state index in [9.17, 15) is 13.6 Å². The first-order chi connectivity index (χ1) is 9.47. The maximum absolute atomic E-state index is 13.4. The van der Waals surface area contributed by atoms with Crippen LogP contribution >= 0.6 is 11.6 Å². The first-order valence-corrected chi connectivity index (χ1v) is 6.06. The van der Waals surface area contributed by atoms with Gasteiger partial charge in [0.05, 0.1) is 16.3 Å². The molecule has 0 aliphatic heterocycles. The van der Waals surface area contributed by atoms with Crippen LogP contribution in [0.25, 0.3) is 0 Å². The number of carboxylic acids is 1. The number of aromatic carboxylic acids is 1. The van der Waals surface area contributed by atoms with Crippen molar-refractivity contribution < 1.29 is 18.7 Å². The second-order valence-electron chi connectivity index (χ2n) is 4.09. The van der Waals surface area contributed by atoms with Crippen LogP contribution in [0.3, 0.4) is 0 Å². The van der Waals surface area contributed by atoms with Crippen LogP contribution in [0.2, 0.25) is 5.02 Å². The molecule has 104 valence electrons. The lowest BCUT2D eigenvalue weighted by atomic mass is 10.2. The van der Waals surface area contributed by atoms with Crippen LogP contribution in [0.5, 0.6) is 0 Å². The van der Waals surface area contributed by atoms with E-state index in [1.54, 1.807) is 0 Å². The van der Waals surface area contributed by atoms with Gasteiger partial charge in [0.2, 0.25) is 0 Å². The van der Waals surface area contributed by atoms with Crippen LogP contribution in [0.4, 0.5) is 14.5 Å². The molecule has 0 amide bonds. The van der Waals surface area contributed by atoms with E-state index in [2.05, 4.69) is 5.32 Å². The van der Waals surface area contributed by atoms with Gasteiger partial charge in [-0.2, -0.15) is 0 Å². The van der Waals surface area contributed by atoms with Gasteiger partial charge in [-0.1, -0.05) is 17.7 Å². The highest BCUT2D eigenvalue weighted by molar-refractivity contribution is 6.33. The van der Waals surface area contributed by atoms with Crippen molar-refractivity contribution in [1.29, 1.82) is 0 Å². The molecule has 2 aromatic rings. The number of hydrogen-bond acceptors (Lipinski definition) is 2. The highest BCUT2D eigenvalue weighted by atomic mass is 35.5. The lowest BCUT2D eigenvalue weighted by Crippen LogP contribution is -2.04. The predicted octanol–water partition coefficient (Wildman–Crippen LogP) is 3.93. The fourth-order valence-corrected chi connectivity index (χ4v) is 1.89. The van der Waals surface area contributed by atoms with Gasteiger partial charge in [-0.15, -0.1) is 0 Å². The molecule has 3 nitrogen and oxygen atoms in total. The number of anilines is 1. The Morgan fingerprint density at radius 3 is 2.55 bits per heavy atom. The van der Waals surface area contributed by atoms with Crippen molar-refractivity contribution in [2.75, 3.05) is 5.32 Å². The van der Waals surface area contributed by atoms with Gasteiger partial charge in [-0.25, -0.2) is 13.6 Å². The summed E-state index contributed by atoms with van der Waals surface area (Å²) >= 11 is 5.93. The average Bonchev–Trinajstić information content (AvgIpc) is 2.38. The second-order valence-corrected chi connectivity index (χ2v) is 4.50. The number of carboxylic acid groups (broad SMARTS) is 1. The predicted molar refractivity (Wildman–Crippen MR) is 72.1 cm³/mol. The molecule has 0 bridgehead atoms. The molecule has 0 heterocycles. The first kappa shape index (κ1) is 14.3. The summed E-state index contributed by atoms with van der Waals surface area (Å²) in [5.41, 5.74) is 0.818. The molecular weight excluding hydrogens is 288 g/mol. The van der Waals surface area contributed by atoms with E-state index in [-0.39, 0.29) is 22.7 Å². The van der Waals surface area contributed by atoms with E-state index in [0.29, 0.717) is 5.69 Å². The standard InChI is InChI=1S/C14H10ClF2NO2/c15-11-5-8(14(19)20)2-4-13(11)18-7-9-1-3-10(16)6-12(9)17/h1-6,18H,7H2,(H,19,20). The molecular formula is C14H10ClF2NO2. The van der Waals surface area contributed by atoms with Gasteiger partial charge in [0, 0.05) is 18.2 Å². The molecule has 0 fully saturated rings. The van der Waals surface area contributed by atoms with Crippen LogP contribution in [0.1, 0.15) is 15.9 Å². The largest absolute Gasteiger partial charge is 0.478 e. The molecule has 0 radical (unpaired) electrons. The average molecular weight is 298 g/mol. The van der Waals surface area contributed by atoms with Gasteiger partial charge in [0.25, 0.3) is 0 Å². The third kappa shape index (κ3) is 3.24. The van der Waals surface area contributed by atoms with Crippen molar-refractivity contribution in [3.05, 3.63) is 64.2 Å². The molecule has 0 atom stereocenters. The van der Waals surface area contributed by atoms with Gasteiger partial charge in [-0.05, 0) is 24.3 Å². The highest BCUT2D eigenvalue weighted by Gasteiger charge is 2.08. The van der Waals surface area contributed by atoms with Gasteiger partial charge in [-0.3, -0.25) is 0 Å². The van der Waals surface area contributed by atoms with Crippen LogP contribution in [-0.4, -0.2) is 11.1 Å². The number of hydrogen-bond donors (Lipinski definition) is 2. The van der Waals surface area contributed by atoms with Crippen molar-refractivity contribution in [2.24, 2.45) is 0 Å². The van der Waals surface area contributed by atoms with E-state index in [1.165, 1.54) is 24.3 Å². The van der Waals surface area contributed by atoms with Crippen molar-refractivity contribution >= 4 is 23.3 Å². The molecule has 0 aromatic heterocycles. The maximum Gasteiger partial charge on any atom is 0.335 e. The van der Waals surface area contributed by atoms with Gasteiger partial charge in [0.15, 0.2) is 0 Å². The third-order valence-corrected chi connectivity index (χ3v) is 3.01. The van der Waals surface area contributed by atoms with Crippen molar-refractivity contribution in [3.63, 3.8) is 0 Å². The summed E-state index contributed by atoms with van der Waals surface area (Å²) in [4.78, 5) is 10.8. The lowest BCUT2D eigenvalue weighted by molar-refractivity contribution is 0.0697. The molecule has 2 rings (SSSR count). The van der Waals surface area contributed by atoms with Gasteiger partial charge >= 0.3 is 5.97 Å². The Labute approximate surface area is 118 Å². The Bertz CT molecular complexity index is 662. The molecule has 2 N–H and O–H groups in total. The van der Waals surface area contributed by atoms with Gasteiger partial charge in [0.1, 0.15) is 11.6 Å². The zero-order chi connectivity index (χ0) is 14.7. The highest BCUT2D eigenvalue weighted by Crippen LogP contribution is 2.24. The molecule has 2 aromatic carbocycles. The molecule has 0 spiro atoms.